The number of nitrogens with one attached hydrogen (secondary N) is 1. The van der Waals surface area contributed by atoms with Gasteiger partial charge in [0.1, 0.15) is 18.2 Å². The third-order valence-electron chi connectivity index (χ3n) is 6.40. The monoisotopic (exact) mass is 506 g/mol. The number of para-hydroxylation sites is 3. The second kappa shape index (κ2) is 10.4. The fourth-order valence-corrected chi connectivity index (χ4v) is 4.73. The molecule has 1 saturated heterocycles. The number of carbonyl (C=O) groups is 1. The van der Waals surface area contributed by atoms with E-state index in [1.165, 1.54) is 6.20 Å². The molecule has 0 bridgehead atoms. The van der Waals surface area contributed by atoms with Crippen LogP contribution in [0.25, 0.3) is 22.0 Å². The summed E-state index contributed by atoms with van der Waals surface area (Å²) < 4.78 is 47.1. The zero-order valence-corrected chi connectivity index (χ0v) is 19.9. The number of hydrogen-bond donors (Lipinski definition) is 2. The van der Waals surface area contributed by atoms with Crippen molar-refractivity contribution in [2.45, 2.75) is 12.8 Å². The van der Waals surface area contributed by atoms with E-state index < -0.39 is 23.4 Å². The molecule has 3 N–H and O–H groups in total. The van der Waals surface area contributed by atoms with Crippen molar-refractivity contribution in [3.63, 3.8) is 0 Å². The molecular formula is C28H25F3N4O2. The zero-order valence-electron chi connectivity index (χ0n) is 19.9. The Hall–Kier alpha value is -4.27. The molecule has 0 aliphatic carbocycles. The van der Waals surface area contributed by atoms with E-state index in [0.717, 1.165) is 56.6 Å². The molecule has 0 unspecified atom stereocenters. The summed E-state index contributed by atoms with van der Waals surface area (Å²) in [6.07, 6.45) is 3.30. The molecule has 2 aliphatic rings. The Balaban J connectivity index is 0.000000233. The number of benzene rings is 3. The van der Waals surface area contributed by atoms with Crippen molar-refractivity contribution in [1.82, 2.24) is 4.98 Å². The van der Waals surface area contributed by atoms with Gasteiger partial charge in [0.2, 0.25) is 0 Å². The third-order valence-corrected chi connectivity index (χ3v) is 6.40. The van der Waals surface area contributed by atoms with Crippen LogP contribution in [0.1, 0.15) is 23.2 Å². The SMILES string of the molecule is NC(=O)c1cnc2c(-c3cc(F)cc(F)c3F)cccc2c1N1CCCC1.c1ccc2c(c1)NCCO2. The molecule has 0 radical (unpaired) electrons. The first kappa shape index (κ1) is 24.4. The second-order valence-electron chi connectivity index (χ2n) is 8.80. The minimum Gasteiger partial charge on any atom is -0.490 e. The second-order valence-corrected chi connectivity index (χ2v) is 8.80. The van der Waals surface area contributed by atoms with Gasteiger partial charge >= 0.3 is 0 Å². The number of anilines is 2. The van der Waals surface area contributed by atoms with Crippen LogP contribution in [0.15, 0.2) is 60.8 Å². The molecular weight excluding hydrogens is 481 g/mol. The summed E-state index contributed by atoms with van der Waals surface area (Å²) in [5.74, 6) is -2.94. The summed E-state index contributed by atoms with van der Waals surface area (Å²) in [5, 5.41) is 3.83. The highest BCUT2D eigenvalue weighted by atomic mass is 19.2. The Morgan fingerprint density at radius 3 is 2.54 bits per heavy atom. The number of hydrogen-bond acceptors (Lipinski definition) is 5. The van der Waals surface area contributed by atoms with Gasteiger partial charge in [0.15, 0.2) is 11.6 Å². The lowest BCUT2D eigenvalue weighted by molar-refractivity contribution is 0.100. The van der Waals surface area contributed by atoms with Crippen molar-refractivity contribution in [3.8, 4) is 16.9 Å². The van der Waals surface area contributed by atoms with E-state index in [1.807, 2.05) is 29.2 Å². The van der Waals surface area contributed by atoms with Gasteiger partial charge in [0, 0.05) is 48.4 Å². The van der Waals surface area contributed by atoms with E-state index in [4.69, 9.17) is 10.5 Å². The Labute approximate surface area is 211 Å². The highest BCUT2D eigenvalue weighted by Crippen LogP contribution is 2.37. The van der Waals surface area contributed by atoms with E-state index in [9.17, 15) is 18.0 Å². The topological polar surface area (TPSA) is 80.5 Å². The largest absolute Gasteiger partial charge is 0.490 e. The number of ether oxygens (including phenoxy) is 1. The first-order chi connectivity index (χ1) is 17.9. The lowest BCUT2D eigenvalue weighted by Crippen LogP contribution is -2.23. The molecule has 4 aromatic rings. The van der Waals surface area contributed by atoms with E-state index in [-0.39, 0.29) is 16.7 Å². The van der Waals surface area contributed by atoms with Crippen molar-refractivity contribution in [2.75, 3.05) is 36.5 Å². The van der Waals surface area contributed by atoms with Crippen LogP contribution < -0.4 is 20.7 Å². The van der Waals surface area contributed by atoms with Gasteiger partial charge in [-0.1, -0.05) is 30.3 Å². The predicted molar refractivity (Wildman–Crippen MR) is 137 cm³/mol. The lowest BCUT2D eigenvalue weighted by Gasteiger charge is -2.23. The maximum Gasteiger partial charge on any atom is 0.252 e. The minimum absolute atomic E-state index is 0.218. The van der Waals surface area contributed by atoms with Crippen molar-refractivity contribution in [2.24, 2.45) is 5.73 Å². The van der Waals surface area contributed by atoms with Crippen LogP contribution in [0, 0.1) is 17.5 Å². The molecule has 1 fully saturated rings. The summed E-state index contributed by atoms with van der Waals surface area (Å²) in [6.45, 7) is 3.20. The predicted octanol–water partition coefficient (Wildman–Crippen LogP) is 5.51. The molecule has 6 rings (SSSR count). The average molecular weight is 507 g/mol. The first-order valence-electron chi connectivity index (χ1n) is 12.0. The smallest absolute Gasteiger partial charge is 0.252 e. The quantitative estimate of drug-likeness (QED) is 0.358. The van der Waals surface area contributed by atoms with Crippen LogP contribution in [0.4, 0.5) is 24.5 Å². The van der Waals surface area contributed by atoms with Gasteiger partial charge in [0.05, 0.1) is 22.5 Å². The molecule has 190 valence electrons. The number of amides is 1. The molecule has 3 aromatic carbocycles. The Kier molecular flexibility index (Phi) is 6.85. The van der Waals surface area contributed by atoms with Gasteiger partial charge in [-0.3, -0.25) is 9.78 Å². The lowest BCUT2D eigenvalue weighted by atomic mass is 9.98. The number of nitrogens with two attached hydrogens (primary N) is 1. The number of nitrogens with zero attached hydrogens (tertiary/aromatic N) is 2. The van der Waals surface area contributed by atoms with Crippen molar-refractivity contribution < 1.29 is 22.7 Å². The standard InChI is InChI=1S/C20H16F3N3O.C8H9NO/c21-11-8-14(17(23)16(22)9-11)12-4-3-5-13-18(12)25-10-15(20(24)27)19(13)26-6-1-2-7-26;1-2-4-8-7(3-1)9-5-6-10-8/h3-5,8-10H,1-2,6-7H2,(H2,24,27);1-4,9H,5-6H2. The van der Waals surface area contributed by atoms with Gasteiger partial charge in [-0.15, -0.1) is 0 Å². The van der Waals surface area contributed by atoms with Gasteiger partial charge < -0.3 is 20.7 Å². The molecule has 1 amide bonds. The van der Waals surface area contributed by atoms with E-state index in [0.29, 0.717) is 22.7 Å². The summed E-state index contributed by atoms with van der Waals surface area (Å²) in [6, 6.07) is 14.3. The van der Waals surface area contributed by atoms with Crippen LogP contribution in [-0.2, 0) is 0 Å². The number of rotatable bonds is 3. The summed E-state index contributed by atoms with van der Waals surface area (Å²) >= 11 is 0. The average Bonchev–Trinajstić information content (AvgIpc) is 3.45. The molecule has 0 atom stereocenters. The number of pyridine rings is 1. The summed E-state index contributed by atoms with van der Waals surface area (Å²) in [7, 11) is 0. The summed E-state index contributed by atoms with van der Waals surface area (Å²) in [4.78, 5) is 18.2. The maximum atomic E-state index is 14.4. The normalized spacial score (nSPS) is 14.3. The fraction of sp³-hybridized carbons (Fsp3) is 0.214. The molecule has 2 aliphatic heterocycles. The number of halogens is 3. The molecule has 9 heteroatoms. The van der Waals surface area contributed by atoms with Crippen LogP contribution in [0.5, 0.6) is 5.75 Å². The van der Waals surface area contributed by atoms with Crippen molar-refractivity contribution >= 4 is 28.2 Å². The van der Waals surface area contributed by atoms with Crippen LogP contribution in [0.2, 0.25) is 0 Å². The molecule has 37 heavy (non-hydrogen) atoms. The molecule has 0 spiro atoms. The Morgan fingerprint density at radius 1 is 1.00 bits per heavy atom. The number of primary amides is 1. The van der Waals surface area contributed by atoms with Gasteiger partial charge in [0.25, 0.3) is 5.91 Å². The van der Waals surface area contributed by atoms with E-state index in [2.05, 4.69) is 10.3 Å². The zero-order chi connectivity index (χ0) is 25.9. The number of aromatic nitrogens is 1. The Morgan fingerprint density at radius 2 is 1.78 bits per heavy atom. The summed E-state index contributed by atoms with van der Waals surface area (Å²) in [5.41, 5.74) is 7.91. The van der Waals surface area contributed by atoms with Crippen molar-refractivity contribution in [1.29, 1.82) is 0 Å². The van der Waals surface area contributed by atoms with E-state index in [1.54, 1.807) is 18.2 Å². The number of fused-ring (bicyclic) bond motifs is 2. The number of carbonyl (C=O) groups excluding carboxylic acids is 1. The van der Waals surface area contributed by atoms with Gasteiger partial charge in [-0.25, -0.2) is 13.2 Å². The van der Waals surface area contributed by atoms with Crippen molar-refractivity contribution in [3.05, 3.63) is 83.8 Å². The van der Waals surface area contributed by atoms with Crippen LogP contribution in [0.3, 0.4) is 0 Å². The van der Waals surface area contributed by atoms with Crippen LogP contribution >= 0.6 is 0 Å². The Bertz CT molecular complexity index is 1450. The minimum atomic E-state index is -1.27. The molecule has 1 aromatic heterocycles. The first-order valence-corrected chi connectivity index (χ1v) is 12.0. The van der Waals surface area contributed by atoms with Gasteiger partial charge in [-0.05, 0) is 31.0 Å². The molecule has 0 saturated carbocycles. The van der Waals surface area contributed by atoms with Gasteiger partial charge in [-0.2, -0.15) is 0 Å². The van der Waals surface area contributed by atoms with Crippen LogP contribution in [-0.4, -0.2) is 37.1 Å². The maximum absolute atomic E-state index is 14.4. The highest BCUT2D eigenvalue weighted by molar-refractivity contribution is 6.09. The molecule has 3 heterocycles. The third kappa shape index (κ3) is 4.89. The fourth-order valence-electron chi connectivity index (χ4n) is 4.73. The van der Waals surface area contributed by atoms with E-state index >= 15 is 0 Å². The molecule has 6 nitrogen and oxygen atoms in total. The highest BCUT2D eigenvalue weighted by Gasteiger charge is 2.24.